The van der Waals surface area contributed by atoms with E-state index in [1.54, 1.807) is 11.3 Å². The highest BCUT2D eigenvalue weighted by molar-refractivity contribution is 7.10. The monoisotopic (exact) mass is 279 g/mol. The molecule has 6 nitrogen and oxygen atoms in total. The summed E-state index contributed by atoms with van der Waals surface area (Å²) < 4.78 is 5.06. The number of methoxy groups -OCH3 is 1. The zero-order chi connectivity index (χ0) is 13.7. The quantitative estimate of drug-likeness (QED) is 0.845. The zero-order valence-corrected chi connectivity index (χ0v) is 12.0. The summed E-state index contributed by atoms with van der Waals surface area (Å²) in [6.45, 7) is 5.52. The van der Waals surface area contributed by atoms with E-state index in [2.05, 4.69) is 44.0 Å². The van der Waals surface area contributed by atoms with E-state index in [1.807, 2.05) is 6.92 Å². The van der Waals surface area contributed by atoms with E-state index in [0.29, 0.717) is 24.5 Å². The van der Waals surface area contributed by atoms with E-state index in [4.69, 9.17) is 4.74 Å². The maximum absolute atomic E-state index is 5.06. The molecule has 0 unspecified atom stereocenters. The van der Waals surface area contributed by atoms with Crippen LogP contribution >= 0.6 is 11.3 Å². The lowest BCUT2D eigenvalue weighted by Gasteiger charge is -2.08. The van der Waals surface area contributed by atoms with Crippen molar-refractivity contribution in [2.24, 2.45) is 0 Å². The lowest BCUT2D eigenvalue weighted by atomic mass is 10.3. The van der Waals surface area contributed by atoms with Crippen LogP contribution in [0.5, 0.6) is 6.01 Å². The number of hydrogen-bond acceptors (Lipinski definition) is 7. The van der Waals surface area contributed by atoms with Crippen LogP contribution in [0.15, 0.2) is 11.4 Å². The summed E-state index contributed by atoms with van der Waals surface area (Å²) in [5.74, 6) is 1.02. The fourth-order valence-corrected chi connectivity index (χ4v) is 2.35. The molecule has 2 aromatic heterocycles. The Morgan fingerprint density at radius 3 is 2.53 bits per heavy atom. The first-order chi connectivity index (χ1) is 9.22. The molecule has 0 aliphatic rings. The normalized spacial score (nSPS) is 10.3. The van der Waals surface area contributed by atoms with Gasteiger partial charge in [-0.2, -0.15) is 15.0 Å². The third-order valence-electron chi connectivity index (χ3n) is 2.51. The van der Waals surface area contributed by atoms with E-state index in [0.717, 1.165) is 6.54 Å². The molecule has 0 aliphatic carbocycles. The Bertz CT molecular complexity index is 543. The van der Waals surface area contributed by atoms with Crippen molar-refractivity contribution >= 4 is 23.2 Å². The first-order valence-electron chi connectivity index (χ1n) is 6.03. The molecule has 0 saturated carbocycles. The summed E-state index contributed by atoms with van der Waals surface area (Å²) in [7, 11) is 1.54. The molecule has 0 fully saturated rings. The van der Waals surface area contributed by atoms with E-state index >= 15 is 0 Å². The molecule has 0 aliphatic heterocycles. The number of thiophene rings is 1. The van der Waals surface area contributed by atoms with Gasteiger partial charge in [-0.15, -0.1) is 11.3 Å². The molecular formula is C12H17N5OS. The molecule has 7 heteroatoms. The van der Waals surface area contributed by atoms with Gasteiger partial charge in [-0.25, -0.2) is 0 Å². The van der Waals surface area contributed by atoms with Crippen molar-refractivity contribution in [1.82, 2.24) is 15.0 Å². The lowest BCUT2D eigenvalue weighted by Crippen LogP contribution is -2.09. The minimum absolute atomic E-state index is 0.302. The van der Waals surface area contributed by atoms with E-state index < -0.39 is 0 Å². The summed E-state index contributed by atoms with van der Waals surface area (Å²) in [5.41, 5.74) is 1.27. The van der Waals surface area contributed by atoms with Crippen molar-refractivity contribution in [1.29, 1.82) is 0 Å². The summed E-state index contributed by atoms with van der Waals surface area (Å²) in [6, 6.07) is 2.40. The fraction of sp³-hybridized carbons (Fsp3) is 0.417. The van der Waals surface area contributed by atoms with Crippen LogP contribution in [-0.2, 0) is 6.54 Å². The van der Waals surface area contributed by atoms with Crippen molar-refractivity contribution in [3.8, 4) is 6.01 Å². The Labute approximate surface area is 116 Å². The Morgan fingerprint density at radius 2 is 1.95 bits per heavy atom. The molecule has 0 bridgehead atoms. The fourth-order valence-electron chi connectivity index (χ4n) is 1.51. The Hall–Kier alpha value is -1.89. The van der Waals surface area contributed by atoms with Crippen LogP contribution in [0.2, 0.25) is 0 Å². The second-order valence-electron chi connectivity index (χ2n) is 3.88. The average Bonchev–Trinajstić information content (AvgIpc) is 2.82. The van der Waals surface area contributed by atoms with E-state index in [1.165, 1.54) is 17.6 Å². The SMILES string of the molecule is CCNc1nc(NCc2sccc2C)nc(OC)n1. The van der Waals surface area contributed by atoms with Gasteiger partial charge in [0.05, 0.1) is 13.7 Å². The van der Waals surface area contributed by atoms with Gasteiger partial charge in [0.15, 0.2) is 0 Å². The molecule has 0 atom stereocenters. The number of anilines is 2. The molecule has 0 amide bonds. The molecule has 0 radical (unpaired) electrons. The number of rotatable bonds is 6. The molecular weight excluding hydrogens is 262 g/mol. The van der Waals surface area contributed by atoms with Crippen LogP contribution in [0.4, 0.5) is 11.9 Å². The Balaban J connectivity index is 2.10. The highest BCUT2D eigenvalue weighted by Crippen LogP contribution is 2.17. The first-order valence-corrected chi connectivity index (χ1v) is 6.91. The van der Waals surface area contributed by atoms with Gasteiger partial charge in [-0.1, -0.05) is 0 Å². The third-order valence-corrected chi connectivity index (χ3v) is 3.53. The number of ether oxygens (including phenoxy) is 1. The Morgan fingerprint density at radius 1 is 1.21 bits per heavy atom. The van der Waals surface area contributed by atoms with Gasteiger partial charge in [-0.05, 0) is 30.9 Å². The molecule has 102 valence electrons. The smallest absolute Gasteiger partial charge is 0.322 e. The number of aromatic nitrogens is 3. The number of aryl methyl sites for hydroxylation is 1. The van der Waals surface area contributed by atoms with E-state index in [-0.39, 0.29) is 0 Å². The van der Waals surface area contributed by atoms with Gasteiger partial charge in [0.1, 0.15) is 0 Å². The van der Waals surface area contributed by atoms with Crippen LogP contribution in [0, 0.1) is 6.92 Å². The van der Waals surface area contributed by atoms with Crippen LogP contribution in [0.25, 0.3) is 0 Å². The number of nitrogens with zero attached hydrogens (tertiary/aromatic N) is 3. The third kappa shape index (κ3) is 3.54. The molecule has 0 spiro atoms. The maximum atomic E-state index is 5.06. The topological polar surface area (TPSA) is 72.0 Å². The largest absolute Gasteiger partial charge is 0.467 e. The van der Waals surface area contributed by atoms with Gasteiger partial charge < -0.3 is 15.4 Å². The molecule has 2 heterocycles. The minimum Gasteiger partial charge on any atom is -0.467 e. The average molecular weight is 279 g/mol. The molecule has 19 heavy (non-hydrogen) atoms. The van der Waals surface area contributed by atoms with Crippen molar-refractivity contribution in [3.63, 3.8) is 0 Å². The lowest BCUT2D eigenvalue weighted by molar-refractivity contribution is 0.379. The predicted molar refractivity (Wildman–Crippen MR) is 76.9 cm³/mol. The van der Waals surface area contributed by atoms with Crippen molar-refractivity contribution < 1.29 is 4.74 Å². The first kappa shape index (κ1) is 13.5. The highest BCUT2D eigenvalue weighted by atomic mass is 32.1. The second-order valence-corrected chi connectivity index (χ2v) is 4.88. The predicted octanol–water partition coefficient (Wildman–Crippen LogP) is 2.29. The van der Waals surface area contributed by atoms with Crippen molar-refractivity contribution in [2.75, 3.05) is 24.3 Å². The zero-order valence-electron chi connectivity index (χ0n) is 11.2. The Kier molecular flexibility index (Phi) is 4.51. The van der Waals surface area contributed by atoms with Gasteiger partial charge in [0.2, 0.25) is 11.9 Å². The highest BCUT2D eigenvalue weighted by Gasteiger charge is 2.07. The summed E-state index contributed by atoms with van der Waals surface area (Å²) in [6.07, 6.45) is 0. The van der Waals surface area contributed by atoms with Crippen molar-refractivity contribution in [2.45, 2.75) is 20.4 Å². The summed E-state index contributed by atoms with van der Waals surface area (Å²) in [4.78, 5) is 13.8. The van der Waals surface area contributed by atoms with Crippen LogP contribution in [-0.4, -0.2) is 28.6 Å². The number of nitrogens with one attached hydrogen (secondary N) is 2. The van der Waals surface area contributed by atoms with Crippen molar-refractivity contribution in [3.05, 3.63) is 21.9 Å². The maximum Gasteiger partial charge on any atom is 0.322 e. The minimum atomic E-state index is 0.302. The van der Waals surface area contributed by atoms with Crippen LogP contribution in [0.3, 0.4) is 0 Å². The summed E-state index contributed by atoms with van der Waals surface area (Å²) in [5, 5.41) is 8.31. The molecule has 0 aromatic carbocycles. The van der Waals surface area contributed by atoms with Gasteiger partial charge in [0.25, 0.3) is 0 Å². The molecule has 2 aromatic rings. The van der Waals surface area contributed by atoms with Crippen LogP contribution < -0.4 is 15.4 Å². The second kappa shape index (κ2) is 6.33. The molecule has 2 N–H and O–H groups in total. The van der Waals surface area contributed by atoms with Gasteiger partial charge in [-0.3, -0.25) is 0 Å². The van der Waals surface area contributed by atoms with Gasteiger partial charge >= 0.3 is 6.01 Å². The molecule has 0 saturated heterocycles. The van der Waals surface area contributed by atoms with Gasteiger partial charge in [0, 0.05) is 11.4 Å². The van der Waals surface area contributed by atoms with E-state index in [9.17, 15) is 0 Å². The standard InChI is InChI=1S/C12H17N5OS/c1-4-13-10-15-11(17-12(16-10)18-3)14-7-9-8(2)5-6-19-9/h5-6H,4,7H2,1-3H3,(H2,13,14,15,16,17). The molecule has 2 rings (SSSR count). The van der Waals surface area contributed by atoms with Crippen LogP contribution in [0.1, 0.15) is 17.4 Å². The number of hydrogen-bond donors (Lipinski definition) is 2. The summed E-state index contributed by atoms with van der Waals surface area (Å²) >= 11 is 1.71.